The Morgan fingerprint density at radius 3 is 2.75 bits per heavy atom. The zero-order chi connectivity index (χ0) is 14.1. The monoisotopic (exact) mass is 336 g/mol. The first kappa shape index (κ1) is 13.6. The van der Waals surface area contributed by atoms with Crippen molar-refractivity contribution >= 4 is 28.1 Å². The summed E-state index contributed by atoms with van der Waals surface area (Å²) in [5.41, 5.74) is 3.18. The van der Waals surface area contributed by atoms with Gasteiger partial charge in [0.1, 0.15) is 5.75 Å². The second-order valence-corrected chi connectivity index (χ2v) is 6.49. The van der Waals surface area contributed by atoms with Gasteiger partial charge >= 0.3 is 0 Å². The molecule has 2 saturated carbocycles. The Labute approximate surface area is 126 Å². The number of rotatable bonds is 3. The molecule has 3 rings (SSSR count). The van der Waals surface area contributed by atoms with Gasteiger partial charge in [0.25, 0.3) is 0 Å². The van der Waals surface area contributed by atoms with Crippen molar-refractivity contribution in [2.45, 2.75) is 25.7 Å². The first-order valence-corrected chi connectivity index (χ1v) is 7.77. The van der Waals surface area contributed by atoms with Crippen LogP contribution in [-0.4, -0.2) is 17.2 Å². The van der Waals surface area contributed by atoms with E-state index < -0.39 is 0 Å². The number of halogens is 1. The maximum Gasteiger partial charge on any atom is 0.243 e. The van der Waals surface area contributed by atoms with Gasteiger partial charge in [0.05, 0.1) is 6.21 Å². The maximum absolute atomic E-state index is 12.0. The largest absolute Gasteiger partial charge is 0.507 e. The van der Waals surface area contributed by atoms with Crippen LogP contribution in [0.3, 0.4) is 0 Å². The van der Waals surface area contributed by atoms with Gasteiger partial charge in [-0.1, -0.05) is 28.8 Å². The third kappa shape index (κ3) is 2.73. The minimum Gasteiger partial charge on any atom is -0.507 e. The zero-order valence-corrected chi connectivity index (χ0v) is 12.6. The Kier molecular flexibility index (Phi) is 3.78. The summed E-state index contributed by atoms with van der Waals surface area (Å²) >= 11 is 3.33. The number of hydrazone groups is 1. The molecule has 0 spiro atoms. The van der Waals surface area contributed by atoms with E-state index in [4.69, 9.17) is 0 Å². The highest BCUT2D eigenvalue weighted by Crippen LogP contribution is 2.55. The first-order valence-electron chi connectivity index (χ1n) is 6.98. The van der Waals surface area contributed by atoms with E-state index in [1.165, 1.54) is 31.9 Å². The average molecular weight is 337 g/mol. The molecular formula is C15H17BrN2O2. The molecule has 1 aromatic carbocycles. The van der Waals surface area contributed by atoms with Crippen molar-refractivity contribution in [2.24, 2.45) is 22.9 Å². The number of fused-ring (bicyclic) bond motifs is 1. The molecule has 0 saturated heterocycles. The van der Waals surface area contributed by atoms with Crippen molar-refractivity contribution in [2.75, 3.05) is 0 Å². The Bertz CT molecular complexity index is 547. The molecule has 0 aliphatic heterocycles. The van der Waals surface area contributed by atoms with Crippen LogP contribution in [0.4, 0.5) is 0 Å². The Morgan fingerprint density at radius 2 is 2.05 bits per heavy atom. The summed E-state index contributed by atoms with van der Waals surface area (Å²) in [6.45, 7) is 0. The molecule has 2 N–H and O–H groups in total. The molecule has 0 heterocycles. The number of hydrogen-bond donors (Lipinski definition) is 2. The molecule has 0 bridgehead atoms. The van der Waals surface area contributed by atoms with Crippen LogP contribution < -0.4 is 5.43 Å². The highest BCUT2D eigenvalue weighted by atomic mass is 79.9. The Balaban J connectivity index is 1.58. The molecule has 1 aromatic rings. The summed E-state index contributed by atoms with van der Waals surface area (Å²) in [6, 6.07) is 5.09. The number of aromatic hydroxyl groups is 1. The number of benzene rings is 1. The van der Waals surface area contributed by atoms with E-state index in [2.05, 4.69) is 26.5 Å². The van der Waals surface area contributed by atoms with E-state index in [-0.39, 0.29) is 17.6 Å². The van der Waals surface area contributed by atoms with Crippen molar-refractivity contribution in [3.05, 3.63) is 28.2 Å². The number of amides is 1. The highest BCUT2D eigenvalue weighted by Gasteiger charge is 2.54. The lowest BCUT2D eigenvalue weighted by molar-refractivity contribution is -0.122. The standard InChI is InChI=1S/C15H17BrN2O2/c16-10-5-6-13(19)9(7-10)8-17-18-15(20)14-11-3-1-2-4-12(11)14/h5-8,11-12,14,19H,1-4H2,(H,18,20)/b17-8+. The molecule has 0 aromatic heterocycles. The van der Waals surface area contributed by atoms with Crippen molar-refractivity contribution in [3.63, 3.8) is 0 Å². The SMILES string of the molecule is O=C(N/N=C/c1cc(Br)ccc1O)C1C2CCCCC21. The average Bonchev–Trinajstić information content (AvgIpc) is 3.17. The van der Waals surface area contributed by atoms with Crippen LogP contribution in [0.25, 0.3) is 0 Å². The summed E-state index contributed by atoms with van der Waals surface area (Å²) in [6.07, 6.45) is 6.34. The molecule has 5 heteroatoms. The van der Waals surface area contributed by atoms with E-state index in [9.17, 15) is 9.90 Å². The zero-order valence-electron chi connectivity index (χ0n) is 11.1. The second kappa shape index (κ2) is 5.56. The number of hydrogen-bond acceptors (Lipinski definition) is 3. The van der Waals surface area contributed by atoms with Gasteiger partial charge in [0.2, 0.25) is 5.91 Å². The number of nitrogens with one attached hydrogen (secondary N) is 1. The van der Waals surface area contributed by atoms with Crippen LogP contribution >= 0.6 is 15.9 Å². The van der Waals surface area contributed by atoms with Gasteiger partial charge in [-0.2, -0.15) is 5.10 Å². The van der Waals surface area contributed by atoms with Crippen molar-refractivity contribution < 1.29 is 9.90 Å². The van der Waals surface area contributed by atoms with Crippen LogP contribution in [0, 0.1) is 17.8 Å². The fourth-order valence-corrected chi connectivity index (χ4v) is 3.63. The van der Waals surface area contributed by atoms with Gasteiger partial charge in [-0.05, 0) is 42.9 Å². The molecule has 2 aliphatic rings. The fraction of sp³-hybridized carbons (Fsp3) is 0.467. The van der Waals surface area contributed by atoms with Crippen LogP contribution in [0.15, 0.2) is 27.8 Å². The van der Waals surface area contributed by atoms with Gasteiger partial charge in [0.15, 0.2) is 0 Å². The highest BCUT2D eigenvalue weighted by molar-refractivity contribution is 9.10. The van der Waals surface area contributed by atoms with Crippen molar-refractivity contribution in [1.29, 1.82) is 0 Å². The topological polar surface area (TPSA) is 61.7 Å². The molecule has 2 fully saturated rings. The third-order valence-corrected chi connectivity index (χ3v) is 4.82. The summed E-state index contributed by atoms with van der Waals surface area (Å²) < 4.78 is 0.858. The molecule has 20 heavy (non-hydrogen) atoms. The van der Waals surface area contributed by atoms with Crippen molar-refractivity contribution in [3.8, 4) is 5.75 Å². The fourth-order valence-electron chi connectivity index (χ4n) is 3.25. The first-order chi connectivity index (χ1) is 9.66. The third-order valence-electron chi connectivity index (χ3n) is 4.33. The van der Waals surface area contributed by atoms with Gasteiger partial charge < -0.3 is 5.11 Å². The Morgan fingerprint density at radius 1 is 1.35 bits per heavy atom. The van der Waals surface area contributed by atoms with Gasteiger partial charge in [-0.3, -0.25) is 4.79 Å². The predicted octanol–water partition coefficient (Wildman–Crippen LogP) is 3.04. The van der Waals surface area contributed by atoms with E-state index in [0.717, 1.165) is 4.47 Å². The van der Waals surface area contributed by atoms with E-state index in [0.29, 0.717) is 17.4 Å². The molecule has 2 aliphatic carbocycles. The molecular weight excluding hydrogens is 320 g/mol. The second-order valence-electron chi connectivity index (χ2n) is 5.58. The lowest BCUT2D eigenvalue weighted by Gasteiger charge is -2.04. The minimum atomic E-state index is 0.0210. The van der Waals surface area contributed by atoms with E-state index in [1.54, 1.807) is 18.2 Å². The van der Waals surface area contributed by atoms with Crippen LogP contribution in [0.1, 0.15) is 31.2 Å². The van der Waals surface area contributed by atoms with E-state index in [1.807, 2.05) is 0 Å². The quantitative estimate of drug-likeness (QED) is 0.658. The summed E-state index contributed by atoms with van der Waals surface area (Å²) in [5.74, 6) is 1.49. The van der Waals surface area contributed by atoms with Crippen LogP contribution in [0.5, 0.6) is 5.75 Å². The summed E-state index contributed by atoms with van der Waals surface area (Å²) in [4.78, 5) is 12.0. The summed E-state index contributed by atoms with van der Waals surface area (Å²) in [7, 11) is 0. The molecule has 2 unspecified atom stereocenters. The molecule has 0 radical (unpaired) electrons. The maximum atomic E-state index is 12.0. The van der Waals surface area contributed by atoms with Crippen LogP contribution in [0.2, 0.25) is 0 Å². The van der Waals surface area contributed by atoms with E-state index >= 15 is 0 Å². The lowest BCUT2D eigenvalue weighted by atomic mass is 10.0. The van der Waals surface area contributed by atoms with Crippen LogP contribution in [-0.2, 0) is 4.79 Å². The minimum absolute atomic E-state index is 0.0210. The lowest BCUT2D eigenvalue weighted by Crippen LogP contribution is -2.20. The van der Waals surface area contributed by atoms with Crippen molar-refractivity contribution in [1.82, 2.24) is 5.43 Å². The number of carbonyl (C=O) groups is 1. The molecule has 4 nitrogen and oxygen atoms in total. The Hall–Kier alpha value is -1.36. The number of phenols is 1. The molecule has 1 amide bonds. The number of carbonyl (C=O) groups excluding carboxylic acids is 1. The van der Waals surface area contributed by atoms with Gasteiger partial charge in [0, 0.05) is 16.0 Å². The van der Waals surface area contributed by atoms with Gasteiger partial charge in [-0.25, -0.2) is 5.43 Å². The smallest absolute Gasteiger partial charge is 0.243 e. The normalized spacial score (nSPS) is 28.1. The molecule has 106 valence electrons. The molecule has 2 atom stereocenters. The summed E-state index contributed by atoms with van der Waals surface area (Å²) in [5, 5.41) is 13.6. The number of phenolic OH excluding ortho intramolecular Hbond substituents is 1. The predicted molar refractivity (Wildman–Crippen MR) is 80.5 cm³/mol. The van der Waals surface area contributed by atoms with Gasteiger partial charge in [-0.15, -0.1) is 0 Å². The number of nitrogens with zero attached hydrogens (tertiary/aromatic N) is 1.